The van der Waals surface area contributed by atoms with Crippen molar-refractivity contribution >= 4 is 5.91 Å². The number of unbranched alkanes of at least 4 members (excludes halogenated alkanes) is 2. The van der Waals surface area contributed by atoms with E-state index >= 15 is 0 Å². The lowest BCUT2D eigenvalue weighted by Gasteiger charge is -2.13. The monoisotopic (exact) mass is 184 g/mol. The van der Waals surface area contributed by atoms with Gasteiger partial charge in [0.2, 0.25) is 5.91 Å². The van der Waals surface area contributed by atoms with Gasteiger partial charge in [-0.3, -0.25) is 4.79 Å². The lowest BCUT2D eigenvalue weighted by molar-refractivity contribution is -0.122. The van der Waals surface area contributed by atoms with Crippen LogP contribution in [0.5, 0.6) is 0 Å². The third kappa shape index (κ3) is 5.42. The summed E-state index contributed by atoms with van der Waals surface area (Å²) in [5.74, 6) is 0.0705. The van der Waals surface area contributed by atoms with Crippen LogP contribution >= 0.6 is 0 Å². The van der Waals surface area contributed by atoms with Crippen molar-refractivity contribution in [3.05, 3.63) is 12.7 Å². The first-order valence-corrected chi connectivity index (χ1v) is 4.76. The highest BCUT2D eigenvalue weighted by Crippen LogP contribution is 2.03. The van der Waals surface area contributed by atoms with E-state index in [-0.39, 0.29) is 11.9 Å². The highest BCUT2D eigenvalue weighted by Gasteiger charge is 2.12. The number of hydrogen-bond acceptors (Lipinski definition) is 2. The standard InChI is InChI=1S/C10H20N2O/c1-4-5-6-7-8-9(11-2)10(13)12-3/h4,9,11H,1,5-8H2,2-3H3,(H,12,13)/t9-/m0/s1. The van der Waals surface area contributed by atoms with E-state index in [0.717, 1.165) is 25.7 Å². The molecule has 0 fully saturated rings. The van der Waals surface area contributed by atoms with Gasteiger partial charge in [0, 0.05) is 7.05 Å². The highest BCUT2D eigenvalue weighted by atomic mass is 16.2. The predicted molar refractivity (Wildman–Crippen MR) is 55.6 cm³/mol. The van der Waals surface area contributed by atoms with Gasteiger partial charge in [0.15, 0.2) is 0 Å². The fourth-order valence-electron chi connectivity index (χ4n) is 1.22. The summed E-state index contributed by atoms with van der Waals surface area (Å²) in [6, 6.07) is -0.0465. The van der Waals surface area contributed by atoms with Crippen LogP contribution in [0.2, 0.25) is 0 Å². The normalized spacial score (nSPS) is 12.2. The van der Waals surface area contributed by atoms with Crippen molar-refractivity contribution in [2.75, 3.05) is 14.1 Å². The van der Waals surface area contributed by atoms with Gasteiger partial charge in [-0.1, -0.05) is 12.5 Å². The molecule has 0 bridgehead atoms. The summed E-state index contributed by atoms with van der Waals surface area (Å²) < 4.78 is 0. The van der Waals surface area contributed by atoms with Crippen LogP contribution in [0.4, 0.5) is 0 Å². The van der Waals surface area contributed by atoms with E-state index in [1.807, 2.05) is 13.1 Å². The molecule has 0 aromatic heterocycles. The molecule has 0 saturated carbocycles. The van der Waals surface area contributed by atoms with Crippen LogP contribution in [0.15, 0.2) is 12.7 Å². The Balaban J connectivity index is 3.59. The molecular weight excluding hydrogens is 164 g/mol. The summed E-state index contributed by atoms with van der Waals surface area (Å²) >= 11 is 0. The molecule has 0 heterocycles. The van der Waals surface area contributed by atoms with Gasteiger partial charge in [-0.15, -0.1) is 6.58 Å². The molecule has 0 aliphatic heterocycles. The molecule has 76 valence electrons. The molecule has 0 unspecified atom stereocenters. The molecule has 0 saturated heterocycles. The van der Waals surface area contributed by atoms with Crippen LogP contribution in [0.3, 0.4) is 0 Å². The minimum absolute atomic E-state index is 0.0465. The molecule has 0 radical (unpaired) electrons. The first-order chi connectivity index (χ1) is 6.26. The Morgan fingerprint density at radius 2 is 2.15 bits per heavy atom. The fraction of sp³-hybridized carbons (Fsp3) is 0.700. The van der Waals surface area contributed by atoms with E-state index in [1.54, 1.807) is 7.05 Å². The van der Waals surface area contributed by atoms with Gasteiger partial charge in [-0.2, -0.15) is 0 Å². The predicted octanol–water partition coefficient (Wildman–Crippen LogP) is 1.07. The molecule has 0 aliphatic rings. The molecule has 0 spiro atoms. The van der Waals surface area contributed by atoms with Gasteiger partial charge in [0.05, 0.1) is 6.04 Å². The van der Waals surface area contributed by atoms with E-state index in [4.69, 9.17) is 0 Å². The van der Waals surface area contributed by atoms with E-state index in [9.17, 15) is 4.79 Å². The maximum atomic E-state index is 11.2. The van der Waals surface area contributed by atoms with Crippen LogP contribution in [0.25, 0.3) is 0 Å². The number of carbonyl (C=O) groups is 1. The van der Waals surface area contributed by atoms with Crippen LogP contribution < -0.4 is 10.6 Å². The summed E-state index contributed by atoms with van der Waals surface area (Å²) in [7, 11) is 3.48. The number of hydrogen-bond donors (Lipinski definition) is 2. The Bertz CT molecular complexity index is 157. The SMILES string of the molecule is C=CCCCC[C@H](NC)C(=O)NC. The van der Waals surface area contributed by atoms with E-state index < -0.39 is 0 Å². The van der Waals surface area contributed by atoms with Crippen molar-refractivity contribution in [1.82, 2.24) is 10.6 Å². The third-order valence-electron chi connectivity index (χ3n) is 2.06. The molecule has 3 nitrogen and oxygen atoms in total. The van der Waals surface area contributed by atoms with Crippen LogP contribution in [0, 0.1) is 0 Å². The lowest BCUT2D eigenvalue weighted by atomic mass is 10.1. The van der Waals surface area contributed by atoms with Crippen molar-refractivity contribution in [2.24, 2.45) is 0 Å². The minimum Gasteiger partial charge on any atom is -0.358 e. The van der Waals surface area contributed by atoms with Gasteiger partial charge in [0.1, 0.15) is 0 Å². The van der Waals surface area contributed by atoms with Crippen molar-refractivity contribution < 1.29 is 4.79 Å². The van der Waals surface area contributed by atoms with E-state index in [1.165, 1.54) is 0 Å². The van der Waals surface area contributed by atoms with Crippen LogP contribution in [-0.2, 0) is 4.79 Å². The second-order valence-electron chi connectivity index (χ2n) is 3.03. The molecule has 0 rings (SSSR count). The Hall–Kier alpha value is -0.830. The van der Waals surface area contributed by atoms with Crippen molar-refractivity contribution in [1.29, 1.82) is 0 Å². The van der Waals surface area contributed by atoms with Gasteiger partial charge in [-0.25, -0.2) is 0 Å². The molecule has 2 N–H and O–H groups in total. The molecule has 13 heavy (non-hydrogen) atoms. The Morgan fingerprint density at radius 1 is 1.46 bits per heavy atom. The molecular formula is C10H20N2O. The number of rotatable bonds is 7. The van der Waals surface area contributed by atoms with Crippen molar-refractivity contribution in [3.8, 4) is 0 Å². The highest BCUT2D eigenvalue weighted by molar-refractivity contribution is 5.81. The summed E-state index contributed by atoms with van der Waals surface area (Å²) in [6.45, 7) is 3.65. The smallest absolute Gasteiger partial charge is 0.236 e. The number of amides is 1. The average molecular weight is 184 g/mol. The molecule has 1 atom stereocenters. The zero-order valence-corrected chi connectivity index (χ0v) is 8.60. The van der Waals surface area contributed by atoms with E-state index in [2.05, 4.69) is 17.2 Å². The first kappa shape index (κ1) is 12.2. The zero-order chi connectivity index (χ0) is 10.1. The number of likely N-dealkylation sites (N-methyl/N-ethyl adjacent to an activating group) is 2. The summed E-state index contributed by atoms with van der Waals surface area (Å²) in [5, 5.41) is 5.63. The second-order valence-corrected chi connectivity index (χ2v) is 3.03. The zero-order valence-electron chi connectivity index (χ0n) is 8.60. The van der Waals surface area contributed by atoms with Crippen LogP contribution in [0.1, 0.15) is 25.7 Å². The van der Waals surface area contributed by atoms with Gasteiger partial charge in [-0.05, 0) is 26.3 Å². The Morgan fingerprint density at radius 3 is 2.62 bits per heavy atom. The quantitative estimate of drug-likeness (QED) is 0.459. The van der Waals surface area contributed by atoms with E-state index in [0.29, 0.717) is 0 Å². The van der Waals surface area contributed by atoms with Crippen molar-refractivity contribution in [3.63, 3.8) is 0 Å². The molecule has 0 aromatic carbocycles. The average Bonchev–Trinajstić information content (AvgIpc) is 2.17. The summed E-state index contributed by atoms with van der Waals surface area (Å²) in [6.07, 6.45) is 6.01. The number of allylic oxidation sites excluding steroid dienone is 1. The van der Waals surface area contributed by atoms with Gasteiger partial charge < -0.3 is 10.6 Å². The molecule has 1 amide bonds. The largest absolute Gasteiger partial charge is 0.358 e. The van der Waals surface area contributed by atoms with Crippen LogP contribution in [-0.4, -0.2) is 26.0 Å². The Labute approximate surface area is 80.6 Å². The van der Waals surface area contributed by atoms with Gasteiger partial charge in [0.25, 0.3) is 0 Å². The summed E-state index contributed by atoms with van der Waals surface area (Å²) in [4.78, 5) is 11.2. The fourth-order valence-corrected chi connectivity index (χ4v) is 1.22. The maximum absolute atomic E-state index is 11.2. The summed E-state index contributed by atoms with van der Waals surface area (Å²) in [5.41, 5.74) is 0. The maximum Gasteiger partial charge on any atom is 0.236 e. The number of carbonyl (C=O) groups excluding carboxylic acids is 1. The third-order valence-corrected chi connectivity index (χ3v) is 2.06. The topological polar surface area (TPSA) is 41.1 Å². The Kier molecular flexibility index (Phi) is 7.30. The molecule has 3 heteroatoms. The lowest BCUT2D eigenvalue weighted by Crippen LogP contribution is -2.40. The molecule has 0 aromatic rings. The first-order valence-electron chi connectivity index (χ1n) is 4.76. The van der Waals surface area contributed by atoms with Gasteiger partial charge >= 0.3 is 0 Å². The minimum atomic E-state index is -0.0465. The number of nitrogens with one attached hydrogen (secondary N) is 2. The van der Waals surface area contributed by atoms with Crippen molar-refractivity contribution in [2.45, 2.75) is 31.7 Å². The second kappa shape index (κ2) is 7.80. The molecule has 0 aliphatic carbocycles.